The van der Waals surface area contributed by atoms with E-state index in [0.717, 1.165) is 6.08 Å². The molecule has 0 aromatic rings. The highest BCUT2D eigenvalue weighted by Crippen LogP contribution is 2.00. The molecule has 72 valence electrons. The Kier molecular flexibility index (Phi) is 5.27. The van der Waals surface area contributed by atoms with Crippen molar-refractivity contribution in [3.8, 4) is 0 Å². The molecule has 0 radical (unpaired) electrons. The monoisotopic (exact) mass is 183 g/mol. The molecule has 0 aliphatic carbocycles. The summed E-state index contributed by atoms with van der Waals surface area (Å²) in [6.07, 6.45) is 2.55. The van der Waals surface area contributed by atoms with E-state index in [9.17, 15) is 9.59 Å². The van der Waals surface area contributed by atoms with Crippen LogP contribution in [0.3, 0.4) is 0 Å². The molecule has 1 unspecified atom stereocenters. The van der Waals surface area contributed by atoms with Gasteiger partial charge >= 0.3 is 6.09 Å². The normalized spacial score (nSPS) is 11.4. The second kappa shape index (κ2) is 5.99. The fraction of sp³-hybridized carbons (Fsp3) is 0.333. The van der Waals surface area contributed by atoms with Gasteiger partial charge in [-0.25, -0.2) is 4.79 Å². The highest BCUT2D eigenvalue weighted by Gasteiger charge is 2.16. The zero-order chi connectivity index (χ0) is 10.3. The van der Waals surface area contributed by atoms with Gasteiger partial charge < -0.3 is 10.4 Å². The van der Waals surface area contributed by atoms with Crippen molar-refractivity contribution in [3.05, 3.63) is 25.3 Å². The molecule has 4 heteroatoms. The Morgan fingerprint density at radius 3 is 2.46 bits per heavy atom. The van der Waals surface area contributed by atoms with Crippen LogP contribution in [0.4, 0.5) is 4.79 Å². The first-order valence-electron chi connectivity index (χ1n) is 3.88. The lowest BCUT2D eigenvalue weighted by molar-refractivity contribution is -0.116. The first-order valence-corrected chi connectivity index (χ1v) is 3.88. The maximum Gasteiger partial charge on any atom is 0.405 e. The van der Waals surface area contributed by atoms with Crippen LogP contribution in [0.2, 0.25) is 0 Å². The van der Waals surface area contributed by atoms with Crippen molar-refractivity contribution in [3.63, 3.8) is 0 Å². The number of carbonyl (C=O) groups excluding carboxylic acids is 1. The largest absolute Gasteiger partial charge is 0.465 e. The lowest BCUT2D eigenvalue weighted by Gasteiger charge is -2.11. The van der Waals surface area contributed by atoms with Crippen LogP contribution in [0.25, 0.3) is 0 Å². The molecule has 1 atom stereocenters. The summed E-state index contributed by atoms with van der Waals surface area (Å²) in [6, 6.07) is -0.701. The second-order valence-corrected chi connectivity index (χ2v) is 2.47. The summed E-state index contributed by atoms with van der Waals surface area (Å²) in [6.45, 7) is 6.77. The maximum absolute atomic E-state index is 11.1. The average molecular weight is 183 g/mol. The van der Waals surface area contributed by atoms with Gasteiger partial charge in [0.15, 0.2) is 5.78 Å². The molecule has 0 aromatic carbocycles. The minimum absolute atomic E-state index is 0.316. The molecule has 0 heterocycles. The van der Waals surface area contributed by atoms with Crippen molar-refractivity contribution in [2.45, 2.75) is 18.9 Å². The quantitative estimate of drug-likeness (QED) is 0.482. The van der Waals surface area contributed by atoms with Gasteiger partial charge in [-0.2, -0.15) is 0 Å². The highest BCUT2D eigenvalue weighted by atomic mass is 16.4. The van der Waals surface area contributed by atoms with E-state index >= 15 is 0 Å². The molecule has 0 spiro atoms. The van der Waals surface area contributed by atoms with Crippen LogP contribution in [0.5, 0.6) is 0 Å². The minimum Gasteiger partial charge on any atom is -0.465 e. The van der Waals surface area contributed by atoms with Gasteiger partial charge in [-0.15, -0.1) is 6.58 Å². The number of nitrogens with one attached hydrogen (secondary N) is 1. The van der Waals surface area contributed by atoms with Crippen LogP contribution in [0.15, 0.2) is 25.3 Å². The molecule has 13 heavy (non-hydrogen) atoms. The predicted molar refractivity (Wildman–Crippen MR) is 49.6 cm³/mol. The molecule has 0 rings (SSSR count). The topological polar surface area (TPSA) is 66.4 Å². The first kappa shape index (κ1) is 11.4. The number of allylic oxidation sites excluding steroid dienone is 1. The van der Waals surface area contributed by atoms with E-state index in [0.29, 0.717) is 12.8 Å². The number of rotatable bonds is 6. The van der Waals surface area contributed by atoms with Crippen molar-refractivity contribution in [2.24, 2.45) is 0 Å². The molecule has 2 N–H and O–H groups in total. The molecule has 0 saturated carbocycles. The molecule has 1 amide bonds. The summed E-state index contributed by atoms with van der Waals surface area (Å²) in [5, 5.41) is 10.5. The Morgan fingerprint density at radius 2 is 2.08 bits per heavy atom. The summed E-state index contributed by atoms with van der Waals surface area (Å²) in [5.74, 6) is -0.316. The van der Waals surface area contributed by atoms with Crippen LogP contribution in [0.1, 0.15) is 12.8 Å². The predicted octanol–water partition coefficient (Wildman–Crippen LogP) is 1.34. The van der Waals surface area contributed by atoms with Crippen molar-refractivity contribution < 1.29 is 14.7 Å². The third kappa shape index (κ3) is 4.79. The van der Waals surface area contributed by atoms with Crippen molar-refractivity contribution in [1.82, 2.24) is 5.32 Å². The van der Waals surface area contributed by atoms with Crippen LogP contribution in [-0.4, -0.2) is 23.0 Å². The van der Waals surface area contributed by atoms with E-state index < -0.39 is 12.1 Å². The molecule has 4 nitrogen and oxygen atoms in total. The number of carboxylic acid groups (broad SMARTS) is 1. The van der Waals surface area contributed by atoms with Crippen LogP contribution in [-0.2, 0) is 4.79 Å². The van der Waals surface area contributed by atoms with Crippen molar-refractivity contribution >= 4 is 11.9 Å². The van der Waals surface area contributed by atoms with Gasteiger partial charge in [-0.05, 0) is 18.9 Å². The zero-order valence-electron chi connectivity index (χ0n) is 7.32. The summed E-state index contributed by atoms with van der Waals surface area (Å²) in [7, 11) is 0. The lowest BCUT2D eigenvalue weighted by Crippen LogP contribution is -2.39. The third-order valence-electron chi connectivity index (χ3n) is 1.50. The summed E-state index contributed by atoms with van der Waals surface area (Å²) in [5.41, 5.74) is 0. The fourth-order valence-electron chi connectivity index (χ4n) is 0.861. The molecular formula is C9H13NO3. The van der Waals surface area contributed by atoms with E-state index in [2.05, 4.69) is 18.5 Å². The van der Waals surface area contributed by atoms with Gasteiger partial charge in [0.05, 0.1) is 6.04 Å². The Hall–Kier alpha value is -1.58. The standard InChI is InChI=1S/C9H13NO3/c1-3-5-6-7(8(11)4-2)10-9(12)13/h3-4,7,10H,1-2,5-6H2,(H,12,13). The Morgan fingerprint density at radius 1 is 1.46 bits per heavy atom. The maximum atomic E-state index is 11.1. The minimum atomic E-state index is -1.20. The molecular weight excluding hydrogens is 170 g/mol. The Bertz CT molecular complexity index is 223. The van der Waals surface area contributed by atoms with Gasteiger partial charge in [0.25, 0.3) is 0 Å². The fourth-order valence-corrected chi connectivity index (χ4v) is 0.861. The van der Waals surface area contributed by atoms with E-state index in [4.69, 9.17) is 5.11 Å². The zero-order valence-corrected chi connectivity index (χ0v) is 7.32. The average Bonchev–Trinajstić information content (AvgIpc) is 2.10. The van der Waals surface area contributed by atoms with Gasteiger partial charge in [-0.1, -0.05) is 12.7 Å². The highest BCUT2D eigenvalue weighted by molar-refractivity contribution is 5.95. The van der Waals surface area contributed by atoms with Gasteiger partial charge in [0.1, 0.15) is 0 Å². The lowest BCUT2D eigenvalue weighted by atomic mass is 10.1. The number of amides is 1. The third-order valence-corrected chi connectivity index (χ3v) is 1.50. The van der Waals surface area contributed by atoms with Gasteiger partial charge in [-0.3, -0.25) is 4.79 Å². The molecule has 0 fully saturated rings. The summed E-state index contributed by atoms with van der Waals surface area (Å²) < 4.78 is 0. The summed E-state index contributed by atoms with van der Waals surface area (Å²) in [4.78, 5) is 21.3. The molecule has 0 aliphatic heterocycles. The van der Waals surface area contributed by atoms with E-state index in [1.165, 1.54) is 0 Å². The van der Waals surface area contributed by atoms with E-state index in [-0.39, 0.29) is 5.78 Å². The second-order valence-electron chi connectivity index (χ2n) is 2.47. The number of carbonyl (C=O) groups is 2. The number of hydrogen-bond donors (Lipinski definition) is 2. The van der Waals surface area contributed by atoms with Gasteiger partial charge in [0, 0.05) is 0 Å². The van der Waals surface area contributed by atoms with Crippen LogP contribution < -0.4 is 5.32 Å². The van der Waals surface area contributed by atoms with E-state index in [1.54, 1.807) is 6.08 Å². The number of hydrogen-bond acceptors (Lipinski definition) is 2. The van der Waals surface area contributed by atoms with Crippen molar-refractivity contribution in [2.75, 3.05) is 0 Å². The Balaban J connectivity index is 4.17. The van der Waals surface area contributed by atoms with Crippen molar-refractivity contribution in [1.29, 1.82) is 0 Å². The van der Waals surface area contributed by atoms with Crippen LogP contribution >= 0.6 is 0 Å². The number of ketones is 1. The molecule has 0 bridgehead atoms. The van der Waals surface area contributed by atoms with E-state index in [1.807, 2.05) is 0 Å². The molecule has 0 saturated heterocycles. The Labute approximate surface area is 76.9 Å². The smallest absolute Gasteiger partial charge is 0.405 e. The SMILES string of the molecule is C=CCCC(NC(=O)O)C(=O)C=C. The van der Waals surface area contributed by atoms with Gasteiger partial charge in [0.2, 0.25) is 0 Å². The first-order chi connectivity index (χ1) is 6.11. The molecule has 0 aromatic heterocycles. The molecule has 0 aliphatic rings. The summed E-state index contributed by atoms with van der Waals surface area (Å²) >= 11 is 0. The van der Waals surface area contributed by atoms with Crippen LogP contribution in [0, 0.1) is 0 Å².